The maximum atomic E-state index is 12.8. The molecule has 21 heavy (non-hydrogen) atoms. The quantitative estimate of drug-likeness (QED) is 0.849. The second kappa shape index (κ2) is 7.31. The van der Waals surface area contributed by atoms with Crippen molar-refractivity contribution in [2.75, 3.05) is 32.1 Å². The number of nitrogens with zero attached hydrogens (tertiary/aromatic N) is 1. The van der Waals surface area contributed by atoms with Gasteiger partial charge >= 0.3 is 6.18 Å². The van der Waals surface area contributed by atoms with Crippen molar-refractivity contribution in [2.45, 2.75) is 19.5 Å². The van der Waals surface area contributed by atoms with Crippen molar-refractivity contribution in [1.29, 1.82) is 0 Å². The van der Waals surface area contributed by atoms with E-state index in [1.54, 1.807) is 0 Å². The molecule has 0 bridgehead atoms. The third kappa shape index (κ3) is 4.63. The fraction of sp³-hybridized carbons (Fsp3) is 0.500. The Morgan fingerprint density at radius 2 is 2.05 bits per heavy atom. The molecule has 0 spiro atoms. The summed E-state index contributed by atoms with van der Waals surface area (Å²) in [5.74, 6) is -0.561. The van der Waals surface area contributed by atoms with Gasteiger partial charge in [-0.3, -0.25) is 4.79 Å². The molecule has 7 heteroatoms. The normalized spacial score (nSPS) is 11.3. The van der Waals surface area contributed by atoms with Gasteiger partial charge in [0, 0.05) is 25.8 Å². The molecule has 0 radical (unpaired) electrons. The number of amides is 1. The van der Waals surface area contributed by atoms with Gasteiger partial charge in [0.2, 0.25) is 0 Å². The summed E-state index contributed by atoms with van der Waals surface area (Å²) < 4.78 is 38.3. The number of carbonyl (C=O) groups excluding carboxylic acids is 1. The van der Waals surface area contributed by atoms with Crippen molar-refractivity contribution in [3.63, 3.8) is 0 Å². The smallest absolute Gasteiger partial charge is 0.395 e. The van der Waals surface area contributed by atoms with Crippen LogP contribution in [0.15, 0.2) is 18.2 Å². The van der Waals surface area contributed by atoms with Crippen LogP contribution in [0.2, 0.25) is 0 Å². The van der Waals surface area contributed by atoms with Crippen molar-refractivity contribution in [1.82, 2.24) is 4.90 Å². The zero-order chi connectivity index (χ0) is 16.0. The number of benzene rings is 1. The highest BCUT2D eigenvalue weighted by Gasteiger charge is 2.32. The number of rotatable bonds is 6. The molecule has 0 unspecified atom stereocenters. The van der Waals surface area contributed by atoms with E-state index < -0.39 is 17.6 Å². The molecule has 118 valence electrons. The first-order chi connectivity index (χ1) is 9.81. The lowest BCUT2D eigenvalue weighted by atomic mass is 10.1. The van der Waals surface area contributed by atoms with Gasteiger partial charge in [-0.1, -0.05) is 6.92 Å². The molecule has 0 saturated carbocycles. The molecule has 1 rings (SSSR count). The Bertz CT molecular complexity index is 490. The van der Waals surface area contributed by atoms with E-state index in [9.17, 15) is 18.0 Å². The molecule has 0 aromatic heterocycles. The van der Waals surface area contributed by atoms with E-state index in [0.29, 0.717) is 12.2 Å². The number of likely N-dealkylation sites (N-methyl/N-ethyl adjacent to an activating group) is 1. The predicted octanol–water partition coefficient (Wildman–Crippen LogP) is 2.59. The summed E-state index contributed by atoms with van der Waals surface area (Å²) in [5, 5.41) is 11.8. The van der Waals surface area contributed by atoms with Gasteiger partial charge in [-0.25, -0.2) is 0 Å². The summed E-state index contributed by atoms with van der Waals surface area (Å²) in [6.45, 7) is 2.27. The summed E-state index contributed by atoms with van der Waals surface area (Å²) in [6.07, 6.45) is -3.73. The second-order valence-corrected chi connectivity index (χ2v) is 4.64. The maximum Gasteiger partial charge on any atom is 0.416 e. The molecule has 4 nitrogen and oxygen atoms in total. The summed E-state index contributed by atoms with van der Waals surface area (Å²) in [6, 6.07) is 3.05. The molecular weight excluding hydrogens is 285 g/mol. The minimum Gasteiger partial charge on any atom is -0.395 e. The molecule has 0 aliphatic rings. The Morgan fingerprint density at radius 1 is 1.38 bits per heavy atom. The maximum absolute atomic E-state index is 12.8. The Morgan fingerprint density at radius 3 is 2.57 bits per heavy atom. The highest BCUT2D eigenvalue weighted by molar-refractivity contribution is 5.99. The summed E-state index contributed by atoms with van der Waals surface area (Å²) in [5.41, 5.74) is -0.556. The molecule has 1 aromatic carbocycles. The number of hydrogen-bond donors (Lipinski definition) is 2. The van der Waals surface area contributed by atoms with Gasteiger partial charge in [0.1, 0.15) is 0 Å². The Kier molecular flexibility index (Phi) is 6.02. The molecule has 1 amide bonds. The SMILES string of the molecule is CCCNc1ccc(C(F)(F)F)cc1C(=O)N(C)CCO. The molecule has 0 heterocycles. The van der Waals surface area contributed by atoms with Crippen molar-refractivity contribution in [2.24, 2.45) is 0 Å². The number of nitrogens with one attached hydrogen (secondary N) is 1. The Hall–Kier alpha value is -1.76. The average molecular weight is 304 g/mol. The van der Waals surface area contributed by atoms with E-state index in [1.165, 1.54) is 18.0 Å². The highest BCUT2D eigenvalue weighted by atomic mass is 19.4. The van der Waals surface area contributed by atoms with Crippen LogP contribution < -0.4 is 5.32 Å². The molecule has 0 aliphatic carbocycles. The largest absolute Gasteiger partial charge is 0.416 e. The molecule has 0 saturated heterocycles. The van der Waals surface area contributed by atoms with Gasteiger partial charge in [-0.15, -0.1) is 0 Å². The minimum atomic E-state index is -4.51. The Balaban J connectivity index is 3.18. The van der Waals surface area contributed by atoms with Crippen LogP contribution in [-0.4, -0.2) is 42.7 Å². The lowest BCUT2D eigenvalue weighted by Gasteiger charge is -2.20. The van der Waals surface area contributed by atoms with Crippen LogP contribution in [0, 0.1) is 0 Å². The minimum absolute atomic E-state index is 0.0470. The van der Waals surface area contributed by atoms with E-state index in [0.717, 1.165) is 18.6 Å². The third-order valence-electron chi connectivity index (χ3n) is 2.92. The van der Waals surface area contributed by atoms with Crippen LogP contribution in [-0.2, 0) is 6.18 Å². The van der Waals surface area contributed by atoms with Crippen molar-refractivity contribution >= 4 is 11.6 Å². The van der Waals surface area contributed by atoms with E-state index in [2.05, 4.69) is 5.32 Å². The number of aliphatic hydroxyl groups is 1. The fourth-order valence-corrected chi connectivity index (χ4v) is 1.77. The number of alkyl halides is 3. The monoisotopic (exact) mass is 304 g/mol. The number of anilines is 1. The van der Waals surface area contributed by atoms with Crippen LogP contribution in [0.4, 0.5) is 18.9 Å². The first kappa shape index (κ1) is 17.3. The van der Waals surface area contributed by atoms with Gasteiger partial charge in [-0.05, 0) is 24.6 Å². The zero-order valence-electron chi connectivity index (χ0n) is 12.0. The molecule has 1 aromatic rings. The topological polar surface area (TPSA) is 52.6 Å². The first-order valence-electron chi connectivity index (χ1n) is 6.62. The van der Waals surface area contributed by atoms with Crippen LogP contribution in [0.5, 0.6) is 0 Å². The Labute approximate surface area is 121 Å². The second-order valence-electron chi connectivity index (χ2n) is 4.64. The van der Waals surface area contributed by atoms with Crippen LogP contribution in [0.25, 0.3) is 0 Å². The third-order valence-corrected chi connectivity index (χ3v) is 2.92. The summed E-state index contributed by atoms with van der Waals surface area (Å²) in [7, 11) is 1.43. The number of carbonyl (C=O) groups is 1. The average Bonchev–Trinajstić information content (AvgIpc) is 2.43. The fourth-order valence-electron chi connectivity index (χ4n) is 1.77. The van der Waals surface area contributed by atoms with Gasteiger partial charge in [0.05, 0.1) is 17.7 Å². The van der Waals surface area contributed by atoms with Gasteiger partial charge in [0.25, 0.3) is 5.91 Å². The number of aliphatic hydroxyl groups excluding tert-OH is 1. The van der Waals surface area contributed by atoms with E-state index in [-0.39, 0.29) is 18.7 Å². The van der Waals surface area contributed by atoms with Crippen LogP contribution in [0.3, 0.4) is 0 Å². The van der Waals surface area contributed by atoms with E-state index in [4.69, 9.17) is 5.11 Å². The van der Waals surface area contributed by atoms with Gasteiger partial charge < -0.3 is 15.3 Å². The lowest BCUT2D eigenvalue weighted by molar-refractivity contribution is -0.137. The zero-order valence-corrected chi connectivity index (χ0v) is 12.0. The standard InChI is InChI=1S/C14H19F3N2O2/c1-3-6-18-12-5-4-10(14(15,16)17)9-11(12)13(21)19(2)7-8-20/h4-5,9,18,20H,3,6-8H2,1-2H3. The van der Waals surface area contributed by atoms with Crippen LogP contribution in [0.1, 0.15) is 29.3 Å². The summed E-state index contributed by atoms with van der Waals surface area (Å²) >= 11 is 0. The molecule has 0 fully saturated rings. The van der Waals surface area contributed by atoms with Crippen molar-refractivity contribution in [3.05, 3.63) is 29.3 Å². The molecule has 0 aliphatic heterocycles. The number of hydrogen-bond acceptors (Lipinski definition) is 3. The highest BCUT2D eigenvalue weighted by Crippen LogP contribution is 2.32. The number of halogens is 3. The lowest BCUT2D eigenvalue weighted by Crippen LogP contribution is -2.30. The van der Waals surface area contributed by atoms with Crippen molar-refractivity contribution in [3.8, 4) is 0 Å². The molecule has 2 N–H and O–H groups in total. The van der Waals surface area contributed by atoms with Gasteiger partial charge in [0.15, 0.2) is 0 Å². The first-order valence-corrected chi connectivity index (χ1v) is 6.62. The van der Waals surface area contributed by atoms with E-state index in [1.807, 2.05) is 6.92 Å². The molecular formula is C14H19F3N2O2. The van der Waals surface area contributed by atoms with E-state index >= 15 is 0 Å². The van der Waals surface area contributed by atoms with Gasteiger partial charge in [-0.2, -0.15) is 13.2 Å². The molecule has 0 atom stereocenters. The predicted molar refractivity (Wildman–Crippen MR) is 74.3 cm³/mol. The van der Waals surface area contributed by atoms with Crippen molar-refractivity contribution < 1.29 is 23.1 Å². The summed E-state index contributed by atoms with van der Waals surface area (Å²) in [4.78, 5) is 13.4. The van der Waals surface area contributed by atoms with Crippen LogP contribution >= 0.6 is 0 Å².